The molecule has 1 rings (SSSR count). The van der Waals surface area contributed by atoms with Crippen molar-refractivity contribution >= 4 is 5.69 Å². The van der Waals surface area contributed by atoms with Crippen LogP contribution >= 0.6 is 0 Å². The number of benzene rings is 1. The predicted octanol–water partition coefficient (Wildman–Crippen LogP) is 3.16. The molecule has 1 aromatic carbocycles. The summed E-state index contributed by atoms with van der Waals surface area (Å²) in [6.07, 6.45) is 0. The van der Waals surface area contributed by atoms with Crippen LogP contribution in [0.2, 0.25) is 0 Å². The van der Waals surface area contributed by atoms with Crippen LogP contribution in [-0.4, -0.2) is 11.5 Å². The Morgan fingerprint density at radius 1 is 1.44 bits per heavy atom. The number of nitrogens with zero attached hydrogens (tertiary/aromatic N) is 1. The van der Waals surface area contributed by atoms with Crippen molar-refractivity contribution in [2.75, 3.05) is 0 Å². The normalized spacial score (nSPS) is 10.9. The Morgan fingerprint density at radius 3 is 2.50 bits per heavy atom. The maximum Gasteiger partial charge on any atom is 0.387 e. The summed E-state index contributed by atoms with van der Waals surface area (Å²) in [6.45, 7) is 0.383. The lowest BCUT2D eigenvalue weighted by molar-refractivity contribution is -0.384. The fourth-order valence-electron chi connectivity index (χ4n) is 1.22. The van der Waals surface area contributed by atoms with Gasteiger partial charge in [0.05, 0.1) is 4.92 Å². The quantitative estimate of drug-likeness (QED) is 0.589. The van der Waals surface area contributed by atoms with Crippen LogP contribution in [0.1, 0.15) is 19.4 Å². The Morgan fingerprint density at radius 2 is 2.06 bits per heavy atom. The standard InChI is InChI=1S/C10H10F2NO3/c1-6(2)8-5-7(13(14)15)3-4-9(8)16-10(11)12/h3-5,10H,1-2H3. The Bertz CT molecular complexity index is 394. The molecule has 16 heavy (non-hydrogen) atoms. The van der Waals surface area contributed by atoms with Gasteiger partial charge in [-0.3, -0.25) is 10.1 Å². The second-order valence-corrected chi connectivity index (χ2v) is 3.32. The summed E-state index contributed by atoms with van der Waals surface area (Å²) >= 11 is 0. The molecule has 87 valence electrons. The fourth-order valence-corrected chi connectivity index (χ4v) is 1.22. The Kier molecular flexibility index (Phi) is 3.76. The molecule has 0 spiro atoms. The van der Waals surface area contributed by atoms with Gasteiger partial charge in [0.15, 0.2) is 0 Å². The molecule has 1 radical (unpaired) electrons. The van der Waals surface area contributed by atoms with Crippen LogP contribution in [0.3, 0.4) is 0 Å². The zero-order valence-electron chi connectivity index (χ0n) is 8.74. The van der Waals surface area contributed by atoms with Crippen molar-refractivity contribution in [1.82, 2.24) is 0 Å². The van der Waals surface area contributed by atoms with E-state index >= 15 is 0 Å². The number of alkyl halides is 2. The van der Waals surface area contributed by atoms with E-state index in [0.29, 0.717) is 11.5 Å². The molecule has 0 atom stereocenters. The number of non-ortho nitro benzene ring substituents is 1. The van der Waals surface area contributed by atoms with Gasteiger partial charge in [-0.15, -0.1) is 0 Å². The number of halogens is 2. The van der Waals surface area contributed by atoms with Gasteiger partial charge >= 0.3 is 6.61 Å². The predicted molar refractivity (Wildman–Crippen MR) is 53.4 cm³/mol. The van der Waals surface area contributed by atoms with E-state index in [1.54, 1.807) is 13.8 Å². The van der Waals surface area contributed by atoms with Crippen molar-refractivity contribution in [3.05, 3.63) is 39.8 Å². The number of hydrogen-bond donors (Lipinski definition) is 0. The Hall–Kier alpha value is -1.72. The highest BCUT2D eigenvalue weighted by Crippen LogP contribution is 2.30. The number of rotatable bonds is 4. The molecule has 0 saturated carbocycles. The smallest absolute Gasteiger partial charge is 0.387 e. The van der Waals surface area contributed by atoms with Crippen LogP contribution < -0.4 is 4.74 Å². The molecule has 0 bridgehead atoms. The van der Waals surface area contributed by atoms with Crippen LogP contribution in [0.25, 0.3) is 0 Å². The highest BCUT2D eigenvalue weighted by atomic mass is 19.3. The van der Waals surface area contributed by atoms with E-state index in [4.69, 9.17) is 0 Å². The van der Waals surface area contributed by atoms with Gasteiger partial charge < -0.3 is 4.74 Å². The van der Waals surface area contributed by atoms with Crippen molar-refractivity contribution in [3.8, 4) is 5.75 Å². The molecule has 1 aromatic rings. The highest BCUT2D eigenvalue weighted by molar-refractivity contribution is 5.49. The summed E-state index contributed by atoms with van der Waals surface area (Å²) in [7, 11) is 0. The van der Waals surface area contributed by atoms with Crippen LogP contribution in [0.15, 0.2) is 18.2 Å². The first kappa shape index (κ1) is 12.4. The molecule has 4 nitrogen and oxygen atoms in total. The summed E-state index contributed by atoms with van der Waals surface area (Å²) in [5.74, 6) is 0.611. The minimum absolute atomic E-state index is 0.0550. The van der Waals surface area contributed by atoms with Crippen molar-refractivity contribution in [1.29, 1.82) is 0 Å². The number of nitro groups is 1. The monoisotopic (exact) mass is 230 g/mol. The van der Waals surface area contributed by atoms with E-state index in [0.717, 1.165) is 6.07 Å². The van der Waals surface area contributed by atoms with Crippen molar-refractivity contribution in [3.63, 3.8) is 0 Å². The van der Waals surface area contributed by atoms with Crippen molar-refractivity contribution < 1.29 is 18.4 Å². The molecule has 0 unspecified atom stereocenters. The lowest BCUT2D eigenvalue weighted by atomic mass is 10.0. The Labute approximate surface area is 91.0 Å². The summed E-state index contributed by atoms with van der Waals surface area (Å²) in [5, 5.41) is 10.5. The third-order valence-electron chi connectivity index (χ3n) is 1.93. The van der Waals surface area contributed by atoms with Gasteiger partial charge in [0, 0.05) is 23.6 Å². The van der Waals surface area contributed by atoms with E-state index < -0.39 is 11.5 Å². The van der Waals surface area contributed by atoms with Gasteiger partial charge in [-0.25, -0.2) is 0 Å². The van der Waals surface area contributed by atoms with E-state index in [2.05, 4.69) is 4.74 Å². The van der Waals surface area contributed by atoms with E-state index in [-0.39, 0.29) is 11.4 Å². The van der Waals surface area contributed by atoms with E-state index in [1.807, 2.05) is 0 Å². The molecule has 0 fully saturated rings. The molecular weight excluding hydrogens is 220 g/mol. The topological polar surface area (TPSA) is 52.4 Å². The minimum Gasteiger partial charge on any atom is -0.435 e. The van der Waals surface area contributed by atoms with E-state index in [1.165, 1.54) is 12.1 Å². The molecule has 0 aliphatic carbocycles. The van der Waals surface area contributed by atoms with Gasteiger partial charge in [0.25, 0.3) is 5.69 Å². The number of hydrogen-bond acceptors (Lipinski definition) is 3. The van der Waals surface area contributed by atoms with Crippen LogP contribution in [0.5, 0.6) is 5.75 Å². The number of nitro benzene ring substituents is 1. The third-order valence-corrected chi connectivity index (χ3v) is 1.93. The van der Waals surface area contributed by atoms with Gasteiger partial charge in [-0.1, -0.05) is 13.8 Å². The third kappa shape index (κ3) is 2.88. The van der Waals surface area contributed by atoms with Crippen LogP contribution in [0, 0.1) is 16.0 Å². The molecule has 6 heteroatoms. The fraction of sp³-hybridized carbons (Fsp3) is 0.300. The summed E-state index contributed by atoms with van der Waals surface area (Å²) in [6, 6.07) is 3.52. The number of ether oxygens (including phenoxy) is 1. The summed E-state index contributed by atoms with van der Waals surface area (Å²) < 4.78 is 28.4. The molecule has 0 amide bonds. The maximum absolute atomic E-state index is 12.1. The van der Waals surface area contributed by atoms with E-state index in [9.17, 15) is 18.9 Å². The van der Waals surface area contributed by atoms with Gasteiger partial charge in [0.1, 0.15) is 5.75 Å². The molecule has 0 aromatic heterocycles. The maximum atomic E-state index is 12.1. The zero-order chi connectivity index (χ0) is 12.3. The second kappa shape index (κ2) is 4.87. The van der Waals surface area contributed by atoms with Gasteiger partial charge in [0.2, 0.25) is 0 Å². The first-order valence-electron chi connectivity index (χ1n) is 4.45. The molecule has 0 aliphatic rings. The summed E-state index contributed by atoms with van der Waals surface area (Å²) in [5.41, 5.74) is 0.160. The lowest BCUT2D eigenvalue weighted by Crippen LogP contribution is -2.06. The molecular formula is C10H10F2NO3. The summed E-state index contributed by atoms with van der Waals surface area (Å²) in [4.78, 5) is 9.93. The SMILES string of the molecule is C[C](C)c1cc([N+](=O)[O-])ccc1OC(F)F. The zero-order valence-corrected chi connectivity index (χ0v) is 8.74. The molecule has 0 N–H and O–H groups in total. The van der Waals surface area contributed by atoms with Crippen molar-refractivity contribution in [2.24, 2.45) is 0 Å². The first-order chi connectivity index (χ1) is 7.41. The van der Waals surface area contributed by atoms with Gasteiger partial charge in [-0.2, -0.15) is 8.78 Å². The van der Waals surface area contributed by atoms with Crippen molar-refractivity contribution in [2.45, 2.75) is 20.5 Å². The lowest BCUT2D eigenvalue weighted by Gasteiger charge is -2.12. The molecule has 0 aliphatic heterocycles. The minimum atomic E-state index is -2.94. The average molecular weight is 230 g/mol. The van der Waals surface area contributed by atoms with Crippen LogP contribution in [0.4, 0.5) is 14.5 Å². The highest BCUT2D eigenvalue weighted by Gasteiger charge is 2.16. The molecule has 0 heterocycles. The Balaban J connectivity index is 3.14. The van der Waals surface area contributed by atoms with Gasteiger partial charge in [-0.05, 0) is 6.07 Å². The first-order valence-corrected chi connectivity index (χ1v) is 4.45. The second-order valence-electron chi connectivity index (χ2n) is 3.32. The largest absolute Gasteiger partial charge is 0.435 e. The molecule has 0 saturated heterocycles. The van der Waals surface area contributed by atoms with Crippen LogP contribution in [-0.2, 0) is 0 Å². The average Bonchev–Trinajstić information content (AvgIpc) is 2.16.